The molecule has 0 fully saturated rings. The largest absolute Gasteiger partial charge is 0.574 e. The van der Waals surface area contributed by atoms with Crippen molar-refractivity contribution in [3.8, 4) is 11.6 Å². The zero-order valence-corrected chi connectivity index (χ0v) is 11.1. The van der Waals surface area contributed by atoms with E-state index in [4.69, 9.17) is 11.6 Å². The van der Waals surface area contributed by atoms with Gasteiger partial charge in [0.25, 0.3) is 5.88 Å². The third-order valence-electron chi connectivity index (χ3n) is 2.08. The first kappa shape index (κ1) is 16.4. The molecule has 112 valence electrons. The summed E-state index contributed by atoms with van der Waals surface area (Å²) in [5.74, 6) is -2.82. The van der Waals surface area contributed by atoms with Crippen LogP contribution in [0.4, 0.5) is 13.2 Å². The fourth-order valence-electron chi connectivity index (χ4n) is 1.37. The van der Waals surface area contributed by atoms with E-state index in [2.05, 4.69) is 14.5 Å². The molecule has 0 aliphatic carbocycles. The van der Waals surface area contributed by atoms with Gasteiger partial charge in [0.15, 0.2) is 5.75 Å². The highest BCUT2D eigenvalue weighted by Gasteiger charge is 2.34. The van der Waals surface area contributed by atoms with E-state index in [1.807, 2.05) is 0 Å². The lowest BCUT2D eigenvalue weighted by Gasteiger charge is -2.13. The molecule has 0 amide bonds. The van der Waals surface area contributed by atoms with Crippen molar-refractivity contribution in [3.05, 3.63) is 17.3 Å². The van der Waals surface area contributed by atoms with Gasteiger partial charge in [0.05, 0.1) is 24.6 Å². The van der Waals surface area contributed by atoms with Crippen LogP contribution in [0.3, 0.4) is 0 Å². The third kappa shape index (κ3) is 4.76. The molecule has 0 saturated heterocycles. The highest BCUT2D eigenvalue weighted by molar-refractivity contribution is 6.16. The van der Waals surface area contributed by atoms with Crippen LogP contribution in [0, 0.1) is 0 Å². The summed E-state index contributed by atoms with van der Waals surface area (Å²) in [6.45, 7) is 1.69. The topological polar surface area (TPSA) is 68.7 Å². The number of alkyl halides is 4. The molecule has 1 aromatic rings. The van der Waals surface area contributed by atoms with Crippen molar-refractivity contribution < 1.29 is 32.5 Å². The Kier molecular flexibility index (Phi) is 5.43. The van der Waals surface area contributed by atoms with Crippen LogP contribution in [0.25, 0.3) is 0 Å². The Balaban J connectivity index is 3.10. The lowest BCUT2D eigenvalue weighted by atomic mass is 10.1. The first-order chi connectivity index (χ1) is 9.26. The van der Waals surface area contributed by atoms with Crippen molar-refractivity contribution in [1.29, 1.82) is 0 Å². The summed E-state index contributed by atoms with van der Waals surface area (Å²) < 4.78 is 44.8. The number of aromatic hydroxyl groups is 1. The minimum Gasteiger partial charge on any atom is -0.503 e. The van der Waals surface area contributed by atoms with Crippen LogP contribution in [0.2, 0.25) is 0 Å². The number of ether oxygens (including phenoxy) is 2. The number of hydrogen-bond donors (Lipinski definition) is 1. The molecular formula is C11H11ClF3NO4. The molecule has 0 aromatic carbocycles. The molecule has 1 aromatic heterocycles. The Bertz CT molecular complexity index is 493. The van der Waals surface area contributed by atoms with Gasteiger partial charge in [-0.1, -0.05) is 0 Å². The summed E-state index contributed by atoms with van der Waals surface area (Å²) in [5, 5.41) is 9.65. The van der Waals surface area contributed by atoms with Crippen molar-refractivity contribution in [2.75, 3.05) is 6.61 Å². The molecule has 0 aliphatic heterocycles. The van der Waals surface area contributed by atoms with Crippen molar-refractivity contribution >= 4 is 17.6 Å². The normalized spacial score (nSPS) is 11.2. The zero-order chi connectivity index (χ0) is 15.3. The summed E-state index contributed by atoms with van der Waals surface area (Å²) in [7, 11) is 0. The Morgan fingerprint density at radius 2 is 2.15 bits per heavy atom. The van der Waals surface area contributed by atoms with Gasteiger partial charge in [0, 0.05) is 5.56 Å². The average Bonchev–Trinajstić information content (AvgIpc) is 2.32. The molecule has 0 aliphatic rings. The van der Waals surface area contributed by atoms with Gasteiger partial charge in [-0.15, -0.1) is 24.8 Å². The molecule has 0 spiro atoms. The Labute approximate surface area is 117 Å². The van der Waals surface area contributed by atoms with Gasteiger partial charge in [-0.05, 0) is 13.0 Å². The number of nitrogens with zero attached hydrogens (tertiary/aromatic N) is 1. The number of rotatable bonds is 5. The molecule has 0 unspecified atom stereocenters. The standard InChI is InChI=1S/C11H11ClF3NO4/c1-2-19-8(17)4-6-3-7(5-12)16-10(9(6)18)20-11(13,14)15/h3,18H,2,4-5H2,1H3. The quantitative estimate of drug-likeness (QED) is 0.668. The molecule has 9 heteroatoms. The van der Waals surface area contributed by atoms with Crippen molar-refractivity contribution in [2.45, 2.75) is 25.6 Å². The second-order valence-electron chi connectivity index (χ2n) is 3.59. The number of esters is 1. The molecule has 0 radical (unpaired) electrons. The van der Waals surface area contributed by atoms with Gasteiger partial charge in [0.1, 0.15) is 0 Å². The van der Waals surface area contributed by atoms with Crippen molar-refractivity contribution in [2.24, 2.45) is 0 Å². The number of halogens is 4. The van der Waals surface area contributed by atoms with Gasteiger partial charge >= 0.3 is 12.3 Å². The van der Waals surface area contributed by atoms with E-state index in [1.54, 1.807) is 6.92 Å². The monoisotopic (exact) mass is 313 g/mol. The minimum atomic E-state index is -5.02. The maximum Gasteiger partial charge on any atom is 0.574 e. The van der Waals surface area contributed by atoms with E-state index in [0.29, 0.717) is 0 Å². The highest BCUT2D eigenvalue weighted by atomic mass is 35.5. The van der Waals surface area contributed by atoms with E-state index in [-0.39, 0.29) is 23.7 Å². The molecule has 1 rings (SSSR count). The molecule has 5 nitrogen and oxygen atoms in total. The highest BCUT2D eigenvalue weighted by Crippen LogP contribution is 2.33. The predicted molar refractivity (Wildman–Crippen MR) is 62.5 cm³/mol. The fraction of sp³-hybridized carbons (Fsp3) is 0.455. The number of hydrogen-bond acceptors (Lipinski definition) is 5. The molecule has 0 atom stereocenters. The van der Waals surface area contributed by atoms with E-state index in [1.165, 1.54) is 6.07 Å². The maximum absolute atomic E-state index is 12.2. The van der Waals surface area contributed by atoms with Gasteiger partial charge in [-0.25, -0.2) is 4.98 Å². The molecule has 20 heavy (non-hydrogen) atoms. The van der Waals surface area contributed by atoms with E-state index < -0.39 is 30.4 Å². The SMILES string of the molecule is CCOC(=O)Cc1cc(CCl)nc(OC(F)(F)F)c1O. The molecule has 1 N–H and O–H groups in total. The smallest absolute Gasteiger partial charge is 0.503 e. The Hall–Kier alpha value is -1.70. The van der Waals surface area contributed by atoms with Crippen molar-refractivity contribution in [1.82, 2.24) is 4.98 Å². The summed E-state index contributed by atoms with van der Waals surface area (Å²) in [6, 6.07) is 1.21. The Morgan fingerprint density at radius 3 is 2.65 bits per heavy atom. The van der Waals surface area contributed by atoms with E-state index in [9.17, 15) is 23.1 Å². The molecular weight excluding hydrogens is 303 g/mol. The number of carbonyl (C=O) groups is 1. The molecule has 0 bridgehead atoms. The second kappa shape index (κ2) is 6.65. The summed E-state index contributed by atoms with van der Waals surface area (Å²) in [5.41, 5.74) is -0.0728. The number of pyridine rings is 1. The summed E-state index contributed by atoms with van der Waals surface area (Å²) in [6.07, 6.45) is -5.43. The van der Waals surface area contributed by atoms with Crippen LogP contribution in [-0.4, -0.2) is 29.0 Å². The third-order valence-corrected chi connectivity index (χ3v) is 2.36. The average molecular weight is 314 g/mol. The molecule has 0 saturated carbocycles. The summed E-state index contributed by atoms with van der Waals surface area (Å²) in [4.78, 5) is 14.7. The van der Waals surface area contributed by atoms with Crippen LogP contribution in [0.5, 0.6) is 11.6 Å². The Morgan fingerprint density at radius 1 is 1.50 bits per heavy atom. The lowest BCUT2D eigenvalue weighted by Crippen LogP contribution is -2.19. The van der Waals surface area contributed by atoms with Crippen LogP contribution in [-0.2, 0) is 21.8 Å². The number of aromatic nitrogens is 1. The van der Waals surface area contributed by atoms with Crippen LogP contribution < -0.4 is 4.74 Å². The van der Waals surface area contributed by atoms with Gasteiger partial charge < -0.3 is 14.6 Å². The fourth-order valence-corrected chi connectivity index (χ4v) is 1.51. The van der Waals surface area contributed by atoms with Gasteiger partial charge in [-0.2, -0.15) is 0 Å². The van der Waals surface area contributed by atoms with Crippen LogP contribution in [0.15, 0.2) is 6.07 Å². The van der Waals surface area contributed by atoms with Crippen molar-refractivity contribution in [3.63, 3.8) is 0 Å². The van der Waals surface area contributed by atoms with Gasteiger partial charge in [0.2, 0.25) is 0 Å². The van der Waals surface area contributed by atoms with Gasteiger partial charge in [-0.3, -0.25) is 4.79 Å². The lowest BCUT2D eigenvalue weighted by molar-refractivity contribution is -0.276. The first-order valence-electron chi connectivity index (χ1n) is 5.46. The summed E-state index contributed by atoms with van der Waals surface area (Å²) >= 11 is 5.50. The van der Waals surface area contributed by atoms with E-state index >= 15 is 0 Å². The second-order valence-corrected chi connectivity index (χ2v) is 3.86. The van der Waals surface area contributed by atoms with Crippen LogP contribution >= 0.6 is 11.6 Å². The minimum absolute atomic E-state index is 0.0306. The predicted octanol–water partition coefficient (Wildman–Crippen LogP) is 2.53. The number of carbonyl (C=O) groups excluding carboxylic acids is 1. The zero-order valence-electron chi connectivity index (χ0n) is 10.3. The first-order valence-corrected chi connectivity index (χ1v) is 5.99. The maximum atomic E-state index is 12.2. The molecule has 1 heterocycles. The van der Waals surface area contributed by atoms with Crippen LogP contribution in [0.1, 0.15) is 18.2 Å². The van der Waals surface area contributed by atoms with E-state index in [0.717, 1.165) is 0 Å².